The summed E-state index contributed by atoms with van der Waals surface area (Å²) in [6.45, 7) is 0.209. The van der Waals surface area contributed by atoms with Crippen LogP contribution in [-0.4, -0.2) is 17.3 Å². The predicted molar refractivity (Wildman–Crippen MR) is 92.5 cm³/mol. The van der Waals surface area contributed by atoms with Gasteiger partial charge in [-0.1, -0.05) is 11.2 Å². The maximum Gasteiger partial charge on any atom is 0.258 e. The van der Waals surface area contributed by atoms with E-state index in [0.29, 0.717) is 17.5 Å². The second-order valence-electron chi connectivity index (χ2n) is 4.58. The quantitative estimate of drug-likeness (QED) is 0.568. The van der Waals surface area contributed by atoms with Gasteiger partial charge in [0.05, 0.1) is 16.1 Å². The highest BCUT2D eigenvalue weighted by atomic mass is 79.9. The summed E-state index contributed by atoms with van der Waals surface area (Å²) in [5.74, 6) is 2.38. The van der Waals surface area contributed by atoms with E-state index in [1.165, 1.54) is 0 Å². The number of hydrogen-bond acceptors (Lipinski definition) is 5. The van der Waals surface area contributed by atoms with Crippen LogP contribution in [0.4, 0.5) is 0 Å². The summed E-state index contributed by atoms with van der Waals surface area (Å²) in [6, 6.07) is 13.1. The molecule has 0 aliphatic carbocycles. The van der Waals surface area contributed by atoms with Crippen molar-refractivity contribution in [2.45, 2.75) is 6.61 Å². The van der Waals surface area contributed by atoms with Gasteiger partial charge in [-0.3, -0.25) is 0 Å². The van der Waals surface area contributed by atoms with E-state index in [2.05, 4.69) is 42.0 Å². The van der Waals surface area contributed by atoms with Gasteiger partial charge in [0.15, 0.2) is 6.61 Å². The number of para-hydroxylation sites is 1. The van der Waals surface area contributed by atoms with Crippen molar-refractivity contribution in [2.75, 3.05) is 7.11 Å². The van der Waals surface area contributed by atoms with Gasteiger partial charge in [-0.2, -0.15) is 4.98 Å². The van der Waals surface area contributed by atoms with Crippen LogP contribution in [-0.2, 0) is 6.61 Å². The van der Waals surface area contributed by atoms with Crippen LogP contribution in [0.1, 0.15) is 5.82 Å². The van der Waals surface area contributed by atoms with E-state index in [4.69, 9.17) is 14.0 Å². The van der Waals surface area contributed by atoms with Crippen LogP contribution < -0.4 is 9.47 Å². The lowest BCUT2D eigenvalue weighted by molar-refractivity contribution is 0.283. The number of rotatable bonds is 5. The van der Waals surface area contributed by atoms with Crippen molar-refractivity contribution in [1.82, 2.24) is 10.1 Å². The standard InChI is InChI=1S/C16H12Br2N2O3/c1-21-11-7-5-10(6-8-11)16-19-14(20-23-16)9-22-15-12(17)3-2-4-13(15)18/h2-8H,9H2,1H3. The second kappa shape index (κ2) is 7.14. The molecule has 7 heteroatoms. The van der Waals surface area contributed by atoms with Crippen LogP contribution in [0.5, 0.6) is 11.5 Å². The minimum Gasteiger partial charge on any atom is -0.497 e. The fourth-order valence-corrected chi connectivity index (χ4v) is 3.15. The van der Waals surface area contributed by atoms with Gasteiger partial charge in [0, 0.05) is 5.56 Å². The third kappa shape index (κ3) is 3.73. The Kier molecular flexibility index (Phi) is 4.97. The van der Waals surface area contributed by atoms with Gasteiger partial charge < -0.3 is 14.0 Å². The molecule has 0 amide bonds. The van der Waals surface area contributed by atoms with Crippen molar-refractivity contribution in [1.29, 1.82) is 0 Å². The number of halogens is 2. The van der Waals surface area contributed by atoms with E-state index in [1.807, 2.05) is 42.5 Å². The Morgan fingerprint density at radius 1 is 1.04 bits per heavy atom. The third-order valence-electron chi connectivity index (χ3n) is 3.07. The minimum atomic E-state index is 0.209. The van der Waals surface area contributed by atoms with Crippen molar-refractivity contribution in [2.24, 2.45) is 0 Å². The number of methoxy groups -OCH3 is 1. The Balaban J connectivity index is 1.72. The summed E-state index contributed by atoms with van der Waals surface area (Å²) < 4.78 is 17.8. The van der Waals surface area contributed by atoms with Crippen molar-refractivity contribution in [3.63, 3.8) is 0 Å². The summed E-state index contributed by atoms with van der Waals surface area (Å²) in [5, 5.41) is 3.94. The fraction of sp³-hybridized carbons (Fsp3) is 0.125. The normalized spacial score (nSPS) is 10.6. The summed E-state index contributed by atoms with van der Waals surface area (Å²) in [4.78, 5) is 4.34. The number of hydrogen-bond donors (Lipinski definition) is 0. The Hall–Kier alpha value is -1.86. The van der Waals surface area contributed by atoms with Crippen molar-refractivity contribution in [3.8, 4) is 23.0 Å². The van der Waals surface area contributed by atoms with Crippen molar-refractivity contribution < 1.29 is 14.0 Å². The molecule has 0 aliphatic heterocycles. The Bertz CT molecular complexity index is 783. The molecule has 0 radical (unpaired) electrons. The highest BCUT2D eigenvalue weighted by Crippen LogP contribution is 2.33. The molecule has 0 fully saturated rings. The second-order valence-corrected chi connectivity index (χ2v) is 6.29. The van der Waals surface area contributed by atoms with Gasteiger partial charge in [-0.25, -0.2) is 0 Å². The van der Waals surface area contributed by atoms with Gasteiger partial charge in [-0.05, 0) is 68.3 Å². The average Bonchev–Trinajstić information content (AvgIpc) is 3.03. The summed E-state index contributed by atoms with van der Waals surface area (Å²) in [5.41, 5.74) is 0.826. The zero-order chi connectivity index (χ0) is 16.2. The summed E-state index contributed by atoms with van der Waals surface area (Å²) in [6.07, 6.45) is 0. The van der Waals surface area contributed by atoms with Gasteiger partial charge in [0.25, 0.3) is 5.89 Å². The maximum atomic E-state index is 5.74. The molecule has 0 N–H and O–H groups in total. The van der Waals surface area contributed by atoms with E-state index in [0.717, 1.165) is 20.3 Å². The first-order chi connectivity index (χ1) is 11.2. The molecule has 0 atom stereocenters. The van der Waals surface area contributed by atoms with Crippen molar-refractivity contribution >= 4 is 31.9 Å². The number of aromatic nitrogens is 2. The molecule has 0 saturated carbocycles. The van der Waals surface area contributed by atoms with E-state index in [-0.39, 0.29) is 6.61 Å². The molecule has 0 bridgehead atoms. The Labute approximate surface area is 149 Å². The third-order valence-corrected chi connectivity index (χ3v) is 4.32. The molecule has 3 aromatic rings. The fourth-order valence-electron chi connectivity index (χ4n) is 1.92. The molecule has 1 aromatic heterocycles. The minimum absolute atomic E-state index is 0.209. The Morgan fingerprint density at radius 2 is 1.74 bits per heavy atom. The summed E-state index contributed by atoms with van der Waals surface area (Å²) in [7, 11) is 1.62. The van der Waals surface area contributed by atoms with Gasteiger partial charge in [-0.15, -0.1) is 0 Å². The van der Waals surface area contributed by atoms with E-state index >= 15 is 0 Å². The van der Waals surface area contributed by atoms with Crippen LogP contribution in [0.25, 0.3) is 11.5 Å². The van der Waals surface area contributed by atoms with E-state index in [1.54, 1.807) is 7.11 Å². The molecule has 23 heavy (non-hydrogen) atoms. The van der Waals surface area contributed by atoms with Crippen LogP contribution in [0, 0.1) is 0 Å². The largest absolute Gasteiger partial charge is 0.497 e. The highest BCUT2D eigenvalue weighted by Gasteiger charge is 2.11. The first-order valence-electron chi connectivity index (χ1n) is 6.71. The van der Waals surface area contributed by atoms with Gasteiger partial charge in [0.2, 0.25) is 5.82 Å². The molecular weight excluding hydrogens is 428 g/mol. The van der Waals surface area contributed by atoms with Crippen molar-refractivity contribution in [3.05, 3.63) is 57.2 Å². The van der Waals surface area contributed by atoms with Gasteiger partial charge >= 0.3 is 0 Å². The number of ether oxygens (including phenoxy) is 2. The zero-order valence-electron chi connectivity index (χ0n) is 12.1. The molecule has 0 spiro atoms. The summed E-state index contributed by atoms with van der Waals surface area (Å²) >= 11 is 6.89. The van der Waals surface area contributed by atoms with Crippen LogP contribution in [0.15, 0.2) is 55.9 Å². The lowest BCUT2D eigenvalue weighted by Gasteiger charge is -2.07. The molecule has 3 rings (SSSR count). The lowest BCUT2D eigenvalue weighted by Crippen LogP contribution is -1.98. The first-order valence-corrected chi connectivity index (χ1v) is 8.30. The lowest BCUT2D eigenvalue weighted by atomic mass is 10.2. The Morgan fingerprint density at radius 3 is 2.39 bits per heavy atom. The smallest absolute Gasteiger partial charge is 0.258 e. The molecule has 0 unspecified atom stereocenters. The van der Waals surface area contributed by atoms with Crippen LogP contribution >= 0.6 is 31.9 Å². The monoisotopic (exact) mass is 438 g/mol. The average molecular weight is 440 g/mol. The molecule has 0 saturated heterocycles. The van der Waals surface area contributed by atoms with E-state index in [9.17, 15) is 0 Å². The van der Waals surface area contributed by atoms with Crippen LogP contribution in [0.3, 0.4) is 0 Å². The molecule has 1 heterocycles. The zero-order valence-corrected chi connectivity index (χ0v) is 15.3. The number of nitrogens with zero attached hydrogens (tertiary/aromatic N) is 2. The predicted octanol–water partition coefficient (Wildman–Crippen LogP) is 4.85. The first kappa shape index (κ1) is 16.0. The maximum absolute atomic E-state index is 5.74. The molecule has 2 aromatic carbocycles. The molecule has 5 nitrogen and oxygen atoms in total. The molecule has 118 valence electrons. The van der Waals surface area contributed by atoms with Gasteiger partial charge in [0.1, 0.15) is 11.5 Å². The number of benzene rings is 2. The molecule has 0 aliphatic rings. The van der Waals surface area contributed by atoms with Crippen LogP contribution in [0.2, 0.25) is 0 Å². The topological polar surface area (TPSA) is 57.4 Å². The molecular formula is C16H12Br2N2O3. The van der Waals surface area contributed by atoms with E-state index < -0.39 is 0 Å². The highest BCUT2D eigenvalue weighted by molar-refractivity contribution is 9.11. The SMILES string of the molecule is COc1ccc(-c2nc(COc3c(Br)cccc3Br)no2)cc1.